The Balaban J connectivity index is 1.46. The normalized spacial score (nSPS) is 16.6. The van der Waals surface area contributed by atoms with Crippen LogP contribution in [0, 0.1) is 10.1 Å². The Hall–Kier alpha value is -3.03. The molecule has 0 radical (unpaired) electrons. The quantitative estimate of drug-likeness (QED) is 0.576. The highest BCUT2D eigenvalue weighted by atomic mass is 16.6. The standard InChI is InChI=1S/C22H26N4O3/c1-18(22(27)23-20-10-5-11-21(17-20)26(28)29)25-15-13-24(14-16-25)12-6-9-19-7-3-2-4-8-19/h2-11,17-18H,12-16H2,1H3,(H,23,27). The summed E-state index contributed by atoms with van der Waals surface area (Å²) >= 11 is 0. The van der Waals surface area contributed by atoms with E-state index in [-0.39, 0.29) is 17.6 Å². The molecule has 1 N–H and O–H groups in total. The van der Waals surface area contributed by atoms with Crippen molar-refractivity contribution in [2.24, 2.45) is 0 Å². The van der Waals surface area contributed by atoms with Gasteiger partial charge in [0.25, 0.3) is 5.69 Å². The number of hydrogen-bond acceptors (Lipinski definition) is 5. The monoisotopic (exact) mass is 394 g/mol. The summed E-state index contributed by atoms with van der Waals surface area (Å²) in [6, 6.07) is 15.9. The van der Waals surface area contributed by atoms with E-state index in [1.54, 1.807) is 12.1 Å². The molecule has 7 nitrogen and oxygen atoms in total. The lowest BCUT2D eigenvalue weighted by molar-refractivity contribution is -0.384. The smallest absolute Gasteiger partial charge is 0.271 e. The molecule has 0 spiro atoms. The number of amides is 1. The van der Waals surface area contributed by atoms with E-state index in [1.807, 2.05) is 25.1 Å². The Morgan fingerprint density at radius 3 is 2.55 bits per heavy atom. The van der Waals surface area contributed by atoms with E-state index < -0.39 is 4.92 Å². The summed E-state index contributed by atoms with van der Waals surface area (Å²) in [7, 11) is 0. The first-order chi connectivity index (χ1) is 14.0. The minimum Gasteiger partial charge on any atom is -0.324 e. The zero-order valence-corrected chi connectivity index (χ0v) is 16.5. The van der Waals surface area contributed by atoms with E-state index >= 15 is 0 Å². The minimum absolute atomic E-state index is 0.0346. The van der Waals surface area contributed by atoms with E-state index in [2.05, 4.69) is 39.4 Å². The van der Waals surface area contributed by atoms with Crippen molar-refractivity contribution in [2.75, 3.05) is 38.0 Å². The molecule has 1 heterocycles. The number of carbonyl (C=O) groups is 1. The number of nitro benzene ring substituents is 1. The molecular formula is C22H26N4O3. The number of rotatable bonds is 7. The van der Waals surface area contributed by atoms with Gasteiger partial charge in [0.15, 0.2) is 0 Å². The number of carbonyl (C=O) groups excluding carboxylic acids is 1. The molecule has 7 heteroatoms. The lowest BCUT2D eigenvalue weighted by Gasteiger charge is -2.37. The summed E-state index contributed by atoms with van der Waals surface area (Å²) in [6.45, 7) is 6.17. The highest BCUT2D eigenvalue weighted by Crippen LogP contribution is 2.18. The third-order valence-electron chi connectivity index (χ3n) is 5.13. The van der Waals surface area contributed by atoms with Crippen LogP contribution in [-0.2, 0) is 4.79 Å². The molecule has 1 saturated heterocycles. The predicted molar refractivity (Wildman–Crippen MR) is 115 cm³/mol. The maximum absolute atomic E-state index is 12.6. The Morgan fingerprint density at radius 1 is 1.14 bits per heavy atom. The highest BCUT2D eigenvalue weighted by molar-refractivity contribution is 5.94. The van der Waals surface area contributed by atoms with E-state index in [4.69, 9.17) is 0 Å². The minimum atomic E-state index is -0.468. The van der Waals surface area contributed by atoms with Gasteiger partial charge in [0.1, 0.15) is 0 Å². The second kappa shape index (κ2) is 9.95. The van der Waals surface area contributed by atoms with Crippen molar-refractivity contribution in [3.05, 3.63) is 76.4 Å². The number of benzene rings is 2. The maximum Gasteiger partial charge on any atom is 0.271 e. The van der Waals surface area contributed by atoms with Crippen LogP contribution in [-0.4, -0.2) is 59.4 Å². The number of hydrogen-bond donors (Lipinski definition) is 1. The topological polar surface area (TPSA) is 78.7 Å². The zero-order valence-electron chi connectivity index (χ0n) is 16.5. The van der Waals surface area contributed by atoms with Crippen molar-refractivity contribution in [2.45, 2.75) is 13.0 Å². The summed E-state index contributed by atoms with van der Waals surface area (Å²) in [5, 5.41) is 13.7. The van der Waals surface area contributed by atoms with Crippen LogP contribution in [0.5, 0.6) is 0 Å². The molecule has 29 heavy (non-hydrogen) atoms. The van der Waals surface area contributed by atoms with E-state index in [1.165, 1.54) is 17.7 Å². The fourth-order valence-corrected chi connectivity index (χ4v) is 3.34. The van der Waals surface area contributed by atoms with Gasteiger partial charge in [0.05, 0.1) is 11.0 Å². The molecule has 3 rings (SSSR count). The number of nitrogens with one attached hydrogen (secondary N) is 1. The van der Waals surface area contributed by atoms with Gasteiger partial charge >= 0.3 is 0 Å². The summed E-state index contributed by atoms with van der Waals surface area (Å²) in [5.41, 5.74) is 1.60. The fourth-order valence-electron chi connectivity index (χ4n) is 3.34. The van der Waals surface area contributed by atoms with Crippen molar-refractivity contribution in [1.29, 1.82) is 0 Å². The second-order valence-corrected chi connectivity index (χ2v) is 7.12. The van der Waals surface area contributed by atoms with Crippen LogP contribution in [0.1, 0.15) is 12.5 Å². The third-order valence-corrected chi connectivity index (χ3v) is 5.13. The van der Waals surface area contributed by atoms with Crippen LogP contribution < -0.4 is 5.32 Å². The number of anilines is 1. The molecule has 1 fully saturated rings. The summed E-state index contributed by atoms with van der Waals surface area (Å²) in [6.07, 6.45) is 4.30. The van der Waals surface area contributed by atoms with Gasteiger partial charge in [-0.3, -0.25) is 24.7 Å². The van der Waals surface area contributed by atoms with Gasteiger partial charge in [0.2, 0.25) is 5.91 Å². The second-order valence-electron chi connectivity index (χ2n) is 7.12. The zero-order chi connectivity index (χ0) is 20.6. The molecule has 0 aromatic heterocycles. The molecule has 152 valence electrons. The Bertz CT molecular complexity index is 861. The van der Waals surface area contributed by atoms with Crippen LogP contribution in [0.3, 0.4) is 0 Å². The predicted octanol–water partition coefficient (Wildman–Crippen LogP) is 3.25. The summed E-state index contributed by atoms with van der Waals surface area (Å²) in [4.78, 5) is 27.5. The lowest BCUT2D eigenvalue weighted by Crippen LogP contribution is -2.52. The lowest BCUT2D eigenvalue weighted by atomic mass is 10.2. The van der Waals surface area contributed by atoms with Crippen molar-refractivity contribution in [1.82, 2.24) is 9.80 Å². The third kappa shape index (κ3) is 5.97. The molecule has 0 bridgehead atoms. The Kier molecular flexibility index (Phi) is 7.10. The fraction of sp³-hybridized carbons (Fsp3) is 0.318. The van der Waals surface area contributed by atoms with Gasteiger partial charge in [-0.15, -0.1) is 0 Å². The number of nitrogens with zero attached hydrogens (tertiary/aromatic N) is 3. The first-order valence-corrected chi connectivity index (χ1v) is 9.76. The van der Waals surface area contributed by atoms with Crippen LogP contribution in [0.25, 0.3) is 6.08 Å². The van der Waals surface area contributed by atoms with Gasteiger partial charge in [0, 0.05) is 50.5 Å². The molecule has 2 aromatic rings. The number of nitro groups is 1. The first kappa shape index (κ1) is 20.7. The Morgan fingerprint density at radius 2 is 1.86 bits per heavy atom. The van der Waals surface area contributed by atoms with Crippen LogP contribution in [0.2, 0.25) is 0 Å². The maximum atomic E-state index is 12.6. The molecule has 1 aliphatic heterocycles. The largest absolute Gasteiger partial charge is 0.324 e. The highest BCUT2D eigenvalue weighted by Gasteiger charge is 2.25. The van der Waals surface area contributed by atoms with Gasteiger partial charge in [-0.2, -0.15) is 0 Å². The van der Waals surface area contributed by atoms with E-state index in [9.17, 15) is 14.9 Å². The SMILES string of the molecule is CC(C(=O)Nc1cccc([N+](=O)[O-])c1)N1CCN(CC=Cc2ccccc2)CC1. The van der Waals surface area contributed by atoms with E-state index in [0.717, 1.165) is 32.7 Å². The van der Waals surface area contributed by atoms with Crippen LogP contribution in [0.4, 0.5) is 11.4 Å². The van der Waals surface area contributed by atoms with Gasteiger partial charge in [-0.1, -0.05) is 48.6 Å². The van der Waals surface area contributed by atoms with Gasteiger partial charge in [-0.05, 0) is 18.6 Å². The number of piperazine rings is 1. The molecule has 2 aromatic carbocycles. The summed E-state index contributed by atoms with van der Waals surface area (Å²) < 4.78 is 0. The van der Waals surface area contributed by atoms with Gasteiger partial charge < -0.3 is 5.32 Å². The molecule has 1 amide bonds. The van der Waals surface area contributed by atoms with Crippen molar-refractivity contribution < 1.29 is 9.72 Å². The van der Waals surface area contributed by atoms with Crippen LogP contribution in [0.15, 0.2) is 60.7 Å². The van der Waals surface area contributed by atoms with E-state index in [0.29, 0.717) is 5.69 Å². The van der Waals surface area contributed by atoms with Crippen molar-refractivity contribution in [3.63, 3.8) is 0 Å². The molecule has 0 saturated carbocycles. The van der Waals surface area contributed by atoms with Crippen molar-refractivity contribution in [3.8, 4) is 0 Å². The molecule has 1 aliphatic rings. The molecule has 1 unspecified atom stereocenters. The van der Waals surface area contributed by atoms with Gasteiger partial charge in [-0.25, -0.2) is 0 Å². The van der Waals surface area contributed by atoms with Crippen molar-refractivity contribution >= 4 is 23.4 Å². The number of non-ortho nitro benzene ring substituents is 1. The first-order valence-electron chi connectivity index (χ1n) is 9.76. The molecule has 0 aliphatic carbocycles. The van der Waals surface area contributed by atoms with Crippen LogP contribution >= 0.6 is 0 Å². The molecule has 1 atom stereocenters. The average Bonchev–Trinajstić information content (AvgIpc) is 2.74. The summed E-state index contributed by atoms with van der Waals surface area (Å²) in [5.74, 6) is -0.150. The molecular weight excluding hydrogens is 368 g/mol. The average molecular weight is 394 g/mol. The Labute approximate surface area is 170 Å².